The second kappa shape index (κ2) is 15.9. The van der Waals surface area contributed by atoms with Crippen molar-refractivity contribution in [2.45, 2.75) is 38.9 Å². The molecule has 4 aromatic rings. The molecule has 16 heteroatoms. The molecule has 2 aliphatic rings. The maximum absolute atomic E-state index is 14.0. The topological polar surface area (TPSA) is 131 Å². The number of nitrogens with zero attached hydrogens (tertiary/aromatic N) is 5. The first-order valence-corrected chi connectivity index (χ1v) is 17.9. The fourth-order valence-corrected chi connectivity index (χ4v) is 7.38. The van der Waals surface area contributed by atoms with Crippen molar-refractivity contribution in [3.63, 3.8) is 0 Å². The van der Waals surface area contributed by atoms with Gasteiger partial charge < -0.3 is 24.3 Å². The highest BCUT2D eigenvalue weighted by molar-refractivity contribution is 7.13. The summed E-state index contributed by atoms with van der Waals surface area (Å²) < 4.78 is 53.5. The van der Waals surface area contributed by atoms with Gasteiger partial charge in [-0.1, -0.05) is 6.07 Å². The van der Waals surface area contributed by atoms with Crippen LogP contribution in [0.5, 0.6) is 0 Å². The van der Waals surface area contributed by atoms with Crippen molar-refractivity contribution < 1.29 is 32.2 Å². The molecule has 51 heavy (non-hydrogen) atoms. The van der Waals surface area contributed by atoms with E-state index in [9.17, 15) is 27.6 Å². The van der Waals surface area contributed by atoms with Crippen LogP contribution in [0.25, 0.3) is 32.6 Å². The Kier molecular flexibility index (Phi) is 11.3. The lowest BCUT2D eigenvalue weighted by molar-refractivity contribution is -0.140. The number of urea groups is 1. The number of anilines is 1. The Bertz CT molecular complexity index is 1940. The average molecular weight is 728 g/mol. The van der Waals surface area contributed by atoms with Gasteiger partial charge in [-0.15, -0.1) is 11.3 Å². The van der Waals surface area contributed by atoms with Crippen LogP contribution in [0.3, 0.4) is 0 Å². The lowest BCUT2D eigenvalue weighted by Crippen LogP contribution is -2.44. The van der Waals surface area contributed by atoms with Gasteiger partial charge in [0.1, 0.15) is 16.4 Å². The van der Waals surface area contributed by atoms with Crippen LogP contribution in [0, 0.1) is 0 Å². The molecule has 0 aliphatic carbocycles. The van der Waals surface area contributed by atoms with E-state index in [1.165, 1.54) is 12.3 Å². The number of amides is 2. The molecule has 1 atom stereocenters. The summed E-state index contributed by atoms with van der Waals surface area (Å²) in [6.45, 7) is 10.6. The number of benzene rings is 1. The van der Waals surface area contributed by atoms with E-state index in [0.717, 1.165) is 82.0 Å². The maximum Gasteiger partial charge on any atom is 0.434 e. The molecule has 2 N–H and O–H groups in total. The normalized spacial score (nSPS) is 17.4. The SMILES string of the molecule is CCNC(=O)Nc1cc(-c2nc(C(F)(F)F)cs2)c(-c2ccc3c(c2)c(=O)c(C(=O)OCC)cn3[C@@H]2CCCN(CCN3CCOCC3)C2)cn1. The number of nitrogens with one attached hydrogen (secondary N) is 2. The maximum atomic E-state index is 14.0. The Hall–Kier alpha value is -4.38. The fourth-order valence-electron chi connectivity index (χ4n) is 6.53. The van der Waals surface area contributed by atoms with Gasteiger partial charge in [-0.3, -0.25) is 15.0 Å². The molecule has 2 saturated heterocycles. The summed E-state index contributed by atoms with van der Waals surface area (Å²) in [7, 11) is 0. The molecule has 272 valence electrons. The first kappa shape index (κ1) is 36.4. The number of carbonyl (C=O) groups excluding carboxylic acids is 2. The van der Waals surface area contributed by atoms with Crippen molar-refractivity contribution in [1.29, 1.82) is 0 Å². The van der Waals surface area contributed by atoms with Crippen LogP contribution in [-0.4, -0.2) is 102 Å². The highest BCUT2D eigenvalue weighted by Gasteiger charge is 2.34. The molecule has 6 rings (SSSR count). The van der Waals surface area contributed by atoms with E-state index in [1.807, 2.05) is 4.57 Å². The molecule has 1 aromatic carbocycles. The lowest BCUT2D eigenvalue weighted by Gasteiger charge is -2.36. The molecule has 0 spiro atoms. The van der Waals surface area contributed by atoms with Crippen LogP contribution in [-0.2, 0) is 15.7 Å². The standard InChI is InChI=1S/C35H40F3N7O5S/c1-3-39-34(48)42-30-17-24(32-41-29(21-51-32)35(36,37)38)26(18-40-30)22-7-8-28-25(16-22)31(46)27(33(47)50-4-2)20-45(28)23-6-5-9-44(19-23)11-10-43-12-14-49-15-13-43/h7-8,16-18,20-21,23H,3-6,9-15,19H2,1-2H3,(H2,39,40,42,48)/t23-/m1/s1. The number of fused-ring (bicyclic) bond motifs is 1. The van der Waals surface area contributed by atoms with Gasteiger partial charge in [-0.25, -0.2) is 19.6 Å². The van der Waals surface area contributed by atoms with Gasteiger partial charge in [0.15, 0.2) is 5.69 Å². The minimum atomic E-state index is -4.65. The molecule has 0 radical (unpaired) electrons. The van der Waals surface area contributed by atoms with Gasteiger partial charge in [0, 0.05) is 79.6 Å². The number of hydrogen-bond acceptors (Lipinski definition) is 10. The number of halogens is 3. The van der Waals surface area contributed by atoms with E-state index < -0.39 is 29.3 Å². The summed E-state index contributed by atoms with van der Waals surface area (Å²) in [5, 5.41) is 6.42. The highest BCUT2D eigenvalue weighted by atomic mass is 32.1. The third-order valence-electron chi connectivity index (χ3n) is 9.06. The van der Waals surface area contributed by atoms with E-state index in [2.05, 4.69) is 30.4 Å². The fraction of sp³-hybridized carbons (Fsp3) is 0.457. The number of thiazole rings is 1. The Morgan fingerprint density at radius 2 is 1.86 bits per heavy atom. The number of alkyl halides is 3. The second-order valence-electron chi connectivity index (χ2n) is 12.4. The third-order valence-corrected chi connectivity index (χ3v) is 9.93. The molecule has 2 amide bonds. The third kappa shape index (κ3) is 8.41. The number of morpholine rings is 1. The van der Waals surface area contributed by atoms with Gasteiger partial charge in [0.05, 0.1) is 25.3 Å². The van der Waals surface area contributed by atoms with Crippen molar-refractivity contribution in [3.05, 3.63) is 63.5 Å². The number of esters is 1. The number of rotatable bonds is 10. The number of ether oxygens (including phenoxy) is 2. The molecule has 12 nitrogen and oxygen atoms in total. The van der Waals surface area contributed by atoms with Crippen LogP contribution >= 0.6 is 11.3 Å². The zero-order valence-electron chi connectivity index (χ0n) is 28.4. The van der Waals surface area contributed by atoms with Crippen molar-refractivity contribution in [2.75, 3.05) is 71.0 Å². The van der Waals surface area contributed by atoms with Crippen molar-refractivity contribution in [2.24, 2.45) is 0 Å². The zero-order valence-corrected chi connectivity index (χ0v) is 29.2. The average Bonchev–Trinajstić information content (AvgIpc) is 3.63. The van der Waals surface area contributed by atoms with Crippen LogP contribution < -0.4 is 16.1 Å². The minimum absolute atomic E-state index is 0.0291. The molecule has 2 aliphatic heterocycles. The smallest absolute Gasteiger partial charge is 0.434 e. The first-order valence-electron chi connectivity index (χ1n) is 17.0. The minimum Gasteiger partial charge on any atom is -0.462 e. The van der Waals surface area contributed by atoms with Crippen LogP contribution in [0.2, 0.25) is 0 Å². The summed E-state index contributed by atoms with van der Waals surface area (Å²) in [5.41, 5.74) is 0.104. The predicted molar refractivity (Wildman–Crippen MR) is 188 cm³/mol. The molecule has 0 saturated carbocycles. The summed E-state index contributed by atoms with van der Waals surface area (Å²) in [6.07, 6.45) is 0.150. The molecule has 3 aromatic heterocycles. The molecular formula is C35H40F3N7O5S. The monoisotopic (exact) mass is 727 g/mol. The quantitative estimate of drug-likeness (QED) is 0.204. The molecule has 5 heterocycles. The Morgan fingerprint density at radius 3 is 2.59 bits per heavy atom. The van der Waals surface area contributed by atoms with E-state index >= 15 is 0 Å². The van der Waals surface area contributed by atoms with Crippen molar-refractivity contribution in [1.82, 2.24) is 29.7 Å². The number of likely N-dealkylation sites (tertiary alicyclic amines) is 1. The van der Waals surface area contributed by atoms with Crippen LogP contribution in [0.4, 0.5) is 23.8 Å². The van der Waals surface area contributed by atoms with E-state index in [-0.39, 0.29) is 40.0 Å². The predicted octanol–water partition coefficient (Wildman–Crippen LogP) is 5.49. The van der Waals surface area contributed by atoms with Crippen LogP contribution in [0.15, 0.2) is 46.8 Å². The molecular weight excluding hydrogens is 687 g/mol. The summed E-state index contributed by atoms with van der Waals surface area (Å²) in [5.74, 6) is -0.624. The van der Waals surface area contributed by atoms with Gasteiger partial charge in [-0.2, -0.15) is 13.2 Å². The van der Waals surface area contributed by atoms with Gasteiger partial charge in [-0.05, 0) is 57.0 Å². The molecule has 2 fully saturated rings. The number of aromatic nitrogens is 3. The molecule has 0 unspecified atom stereocenters. The van der Waals surface area contributed by atoms with Gasteiger partial charge in [0.2, 0.25) is 5.43 Å². The van der Waals surface area contributed by atoms with Gasteiger partial charge in [0.25, 0.3) is 0 Å². The number of pyridine rings is 2. The Morgan fingerprint density at radius 1 is 1.08 bits per heavy atom. The summed E-state index contributed by atoms with van der Waals surface area (Å²) >= 11 is 0.801. The Balaban J connectivity index is 1.41. The van der Waals surface area contributed by atoms with Crippen LogP contribution in [0.1, 0.15) is 48.8 Å². The largest absolute Gasteiger partial charge is 0.462 e. The molecule has 0 bridgehead atoms. The van der Waals surface area contributed by atoms with Crippen molar-refractivity contribution in [3.8, 4) is 21.7 Å². The number of hydrogen-bond donors (Lipinski definition) is 2. The second-order valence-corrected chi connectivity index (χ2v) is 13.3. The Labute approximate surface area is 296 Å². The number of piperidine rings is 1. The van der Waals surface area contributed by atoms with Gasteiger partial charge >= 0.3 is 18.2 Å². The van der Waals surface area contributed by atoms with E-state index in [0.29, 0.717) is 23.2 Å². The zero-order chi connectivity index (χ0) is 36.1. The summed E-state index contributed by atoms with van der Waals surface area (Å²) in [6, 6.07) is 6.09. The lowest BCUT2D eigenvalue weighted by atomic mass is 9.98. The highest BCUT2D eigenvalue weighted by Crippen LogP contribution is 2.39. The summed E-state index contributed by atoms with van der Waals surface area (Å²) in [4.78, 5) is 52.3. The number of carbonyl (C=O) groups is 2. The van der Waals surface area contributed by atoms with E-state index in [1.54, 1.807) is 38.2 Å². The first-order chi connectivity index (χ1) is 24.5. The van der Waals surface area contributed by atoms with Crippen molar-refractivity contribution >= 4 is 40.1 Å². The van der Waals surface area contributed by atoms with E-state index in [4.69, 9.17) is 9.47 Å².